The molecule has 0 radical (unpaired) electrons. The molecule has 0 unspecified atom stereocenters. The Morgan fingerprint density at radius 1 is 1.48 bits per heavy atom. The Kier molecular flexibility index (Phi) is 4.13. The van der Waals surface area contributed by atoms with E-state index in [1.54, 1.807) is 12.4 Å². The predicted octanol–water partition coefficient (Wildman–Crippen LogP) is 1.47. The normalized spacial score (nSPS) is 34.0. The van der Waals surface area contributed by atoms with E-state index in [0.29, 0.717) is 37.9 Å². The third-order valence-corrected chi connectivity index (χ3v) is 6.16. The van der Waals surface area contributed by atoms with Gasteiger partial charge in [0.2, 0.25) is 11.8 Å². The summed E-state index contributed by atoms with van der Waals surface area (Å²) in [5.41, 5.74) is -0.493. The fourth-order valence-corrected chi connectivity index (χ4v) is 4.52. The second-order valence-electron chi connectivity index (χ2n) is 7.85. The highest BCUT2D eigenvalue weighted by atomic mass is 16.5. The zero-order chi connectivity index (χ0) is 17.4. The lowest BCUT2D eigenvalue weighted by Crippen LogP contribution is -2.44. The fraction of sp³-hybridized carbons (Fsp3) is 0.632. The summed E-state index contributed by atoms with van der Waals surface area (Å²) in [5.74, 6) is 1.93. The van der Waals surface area contributed by atoms with E-state index in [1.165, 1.54) is 0 Å². The van der Waals surface area contributed by atoms with Crippen LogP contribution in [0.15, 0.2) is 24.5 Å². The van der Waals surface area contributed by atoms with Crippen LogP contribution in [0.1, 0.15) is 26.2 Å². The van der Waals surface area contributed by atoms with Crippen LogP contribution in [0, 0.1) is 23.2 Å². The van der Waals surface area contributed by atoms with Crippen LogP contribution in [0.2, 0.25) is 0 Å². The van der Waals surface area contributed by atoms with Gasteiger partial charge in [-0.15, -0.1) is 0 Å². The van der Waals surface area contributed by atoms with E-state index >= 15 is 0 Å². The number of ether oxygens (including phenoxy) is 1. The maximum atomic E-state index is 12.7. The van der Waals surface area contributed by atoms with Gasteiger partial charge in [-0.1, -0.05) is 6.92 Å². The average Bonchev–Trinajstić information content (AvgIpc) is 3.17. The second kappa shape index (κ2) is 6.32. The monoisotopic (exact) mass is 343 g/mol. The van der Waals surface area contributed by atoms with Crippen molar-refractivity contribution < 1.29 is 14.3 Å². The number of aromatic nitrogens is 1. The number of nitrogens with one attached hydrogen (secondary N) is 1. The molecule has 2 saturated heterocycles. The molecule has 25 heavy (non-hydrogen) atoms. The van der Waals surface area contributed by atoms with Crippen LogP contribution in [-0.2, 0) is 9.59 Å². The fourth-order valence-electron chi connectivity index (χ4n) is 4.52. The summed E-state index contributed by atoms with van der Waals surface area (Å²) in [6, 6.07) is 3.70. The second-order valence-corrected chi connectivity index (χ2v) is 7.85. The van der Waals surface area contributed by atoms with Gasteiger partial charge in [0.05, 0.1) is 18.2 Å². The SMILES string of the molecule is CC1CC(C(=O)N2CC[C@]3(C2)C(=O)NC[C@@H]3COc2cccnc2)C1. The minimum Gasteiger partial charge on any atom is -0.492 e. The molecular formula is C19H25N3O3. The van der Waals surface area contributed by atoms with Crippen LogP contribution in [-0.4, -0.2) is 47.9 Å². The third kappa shape index (κ3) is 2.87. The van der Waals surface area contributed by atoms with Crippen LogP contribution >= 0.6 is 0 Å². The van der Waals surface area contributed by atoms with Gasteiger partial charge in [-0.2, -0.15) is 0 Å². The Morgan fingerprint density at radius 3 is 3.04 bits per heavy atom. The molecule has 1 spiro atoms. The molecule has 3 heterocycles. The summed E-state index contributed by atoms with van der Waals surface area (Å²) in [7, 11) is 0. The number of nitrogens with zero attached hydrogens (tertiary/aromatic N) is 2. The average molecular weight is 343 g/mol. The molecule has 1 aliphatic carbocycles. The molecule has 0 aromatic carbocycles. The smallest absolute Gasteiger partial charge is 0.228 e. The Labute approximate surface area is 147 Å². The summed E-state index contributed by atoms with van der Waals surface area (Å²) < 4.78 is 5.86. The first-order valence-electron chi connectivity index (χ1n) is 9.18. The quantitative estimate of drug-likeness (QED) is 0.899. The molecule has 6 heteroatoms. The molecule has 3 fully saturated rings. The van der Waals surface area contributed by atoms with Crippen molar-refractivity contribution in [2.24, 2.45) is 23.2 Å². The molecule has 6 nitrogen and oxygen atoms in total. The lowest BCUT2D eigenvalue weighted by Gasteiger charge is -2.35. The van der Waals surface area contributed by atoms with Gasteiger partial charge in [0.1, 0.15) is 5.75 Å². The van der Waals surface area contributed by atoms with Gasteiger partial charge in [-0.05, 0) is 37.3 Å². The Bertz CT molecular complexity index is 659. The van der Waals surface area contributed by atoms with Crippen molar-refractivity contribution in [1.82, 2.24) is 15.2 Å². The molecular weight excluding hydrogens is 318 g/mol. The van der Waals surface area contributed by atoms with E-state index in [-0.39, 0.29) is 23.7 Å². The molecule has 134 valence electrons. The van der Waals surface area contributed by atoms with Crippen LogP contribution in [0.3, 0.4) is 0 Å². The van der Waals surface area contributed by atoms with Gasteiger partial charge in [-0.25, -0.2) is 0 Å². The largest absolute Gasteiger partial charge is 0.492 e. The number of hydrogen-bond donors (Lipinski definition) is 1. The minimum absolute atomic E-state index is 0.0737. The van der Waals surface area contributed by atoms with E-state index in [2.05, 4.69) is 17.2 Å². The summed E-state index contributed by atoms with van der Waals surface area (Å²) in [5, 5.41) is 2.99. The van der Waals surface area contributed by atoms with E-state index in [4.69, 9.17) is 4.74 Å². The summed E-state index contributed by atoms with van der Waals surface area (Å²) in [6.07, 6.45) is 6.09. The Balaban J connectivity index is 1.42. The van der Waals surface area contributed by atoms with E-state index in [9.17, 15) is 9.59 Å². The van der Waals surface area contributed by atoms with Crippen LogP contribution in [0.25, 0.3) is 0 Å². The van der Waals surface area contributed by atoms with Crippen molar-refractivity contribution >= 4 is 11.8 Å². The number of likely N-dealkylation sites (tertiary alicyclic amines) is 1. The molecule has 1 aromatic rings. The first-order chi connectivity index (χ1) is 12.1. The number of rotatable bonds is 4. The van der Waals surface area contributed by atoms with E-state index in [1.807, 2.05) is 17.0 Å². The van der Waals surface area contributed by atoms with Crippen LogP contribution in [0.5, 0.6) is 5.75 Å². The van der Waals surface area contributed by atoms with E-state index < -0.39 is 5.41 Å². The predicted molar refractivity (Wildman–Crippen MR) is 91.7 cm³/mol. The molecule has 1 aromatic heterocycles. The Morgan fingerprint density at radius 2 is 2.32 bits per heavy atom. The van der Waals surface area contributed by atoms with Crippen LogP contribution in [0.4, 0.5) is 0 Å². The maximum absolute atomic E-state index is 12.7. The molecule has 1 N–H and O–H groups in total. The van der Waals surface area contributed by atoms with Crippen molar-refractivity contribution in [2.75, 3.05) is 26.2 Å². The number of pyridine rings is 1. The van der Waals surface area contributed by atoms with Gasteiger partial charge in [-0.3, -0.25) is 14.6 Å². The molecule has 2 amide bonds. The zero-order valence-corrected chi connectivity index (χ0v) is 14.6. The van der Waals surface area contributed by atoms with Gasteiger partial charge in [0, 0.05) is 37.7 Å². The Hall–Kier alpha value is -2.11. The van der Waals surface area contributed by atoms with Gasteiger partial charge in [0.25, 0.3) is 0 Å². The molecule has 2 aliphatic heterocycles. The molecule has 4 rings (SSSR count). The zero-order valence-electron chi connectivity index (χ0n) is 14.6. The molecule has 1 saturated carbocycles. The van der Waals surface area contributed by atoms with Gasteiger partial charge in [0.15, 0.2) is 0 Å². The highest BCUT2D eigenvalue weighted by Gasteiger charge is 2.55. The van der Waals surface area contributed by atoms with Crippen molar-refractivity contribution in [1.29, 1.82) is 0 Å². The number of carbonyl (C=O) groups excluding carboxylic acids is 2. The van der Waals surface area contributed by atoms with Crippen molar-refractivity contribution in [3.05, 3.63) is 24.5 Å². The van der Waals surface area contributed by atoms with Gasteiger partial charge < -0.3 is 15.0 Å². The lowest BCUT2D eigenvalue weighted by atomic mass is 9.75. The minimum atomic E-state index is -0.493. The number of carbonyl (C=O) groups is 2. The molecule has 0 bridgehead atoms. The standard InChI is InChI=1S/C19H25N3O3/c1-13-7-14(8-13)17(23)22-6-4-19(12-22)15(9-21-18(19)24)11-25-16-3-2-5-20-10-16/h2-3,5,10,13-15H,4,6-9,11-12H2,1H3,(H,21,24)/t13?,14?,15-,19-/m1/s1. The first-order valence-corrected chi connectivity index (χ1v) is 9.18. The first kappa shape index (κ1) is 16.4. The van der Waals surface area contributed by atoms with E-state index in [0.717, 1.165) is 19.3 Å². The third-order valence-electron chi connectivity index (χ3n) is 6.16. The van der Waals surface area contributed by atoms with Crippen molar-refractivity contribution in [2.45, 2.75) is 26.2 Å². The van der Waals surface area contributed by atoms with Crippen LogP contribution < -0.4 is 10.1 Å². The van der Waals surface area contributed by atoms with Crippen molar-refractivity contribution in [3.63, 3.8) is 0 Å². The highest BCUT2D eigenvalue weighted by Crippen LogP contribution is 2.43. The lowest BCUT2D eigenvalue weighted by molar-refractivity contribution is -0.139. The van der Waals surface area contributed by atoms with Gasteiger partial charge >= 0.3 is 0 Å². The summed E-state index contributed by atoms with van der Waals surface area (Å²) >= 11 is 0. The molecule has 3 aliphatic rings. The summed E-state index contributed by atoms with van der Waals surface area (Å²) in [4.78, 5) is 31.2. The number of amides is 2. The highest BCUT2D eigenvalue weighted by molar-refractivity contribution is 5.88. The topological polar surface area (TPSA) is 71.5 Å². The number of hydrogen-bond acceptors (Lipinski definition) is 4. The maximum Gasteiger partial charge on any atom is 0.228 e. The molecule has 2 atom stereocenters. The summed E-state index contributed by atoms with van der Waals surface area (Å²) in [6.45, 7) is 4.48. The van der Waals surface area contributed by atoms with Crippen molar-refractivity contribution in [3.8, 4) is 5.75 Å².